The summed E-state index contributed by atoms with van der Waals surface area (Å²) in [5.41, 5.74) is -0.956. The van der Waals surface area contributed by atoms with Crippen molar-refractivity contribution in [1.29, 1.82) is 0 Å². The number of hydrogen-bond donors (Lipinski definition) is 1. The number of H-pyrrole nitrogens is 1. The monoisotopic (exact) mass is 423 g/mol. The first-order chi connectivity index (χ1) is 14.6. The summed E-state index contributed by atoms with van der Waals surface area (Å²) in [6.45, 7) is 5.09. The highest BCUT2D eigenvalue weighted by Crippen LogP contribution is 2.24. The van der Waals surface area contributed by atoms with Gasteiger partial charge in [-0.2, -0.15) is 0 Å². The van der Waals surface area contributed by atoms with Crippen LogP contribution in [0.1, 0.15) is 36.8 Å². The van der Waals surface area contributed by atoms with E-state index in [-0.39, 0.29) is 35.1 Å². The maximum atomic E-state index is 12.8. The molecule has 0 spiro atoms. The molecule has 0 aliphatic heterocycles. The van der Waals surface area contributed by atoms with Crippen molar-refractivity contribution < 1.29 is 19.2 Å². The van der Waals surface area contributed by atoms with Gasteiger partial charge in [0.15, 0.2) is 5.69 Å². The number of aromatic nitrogens is 2. The number of non-ortho nitro benzene ring substituents is 1. The van der Waals surface area contributed by atoms with Crippen molar-refractivity contribution in [2.45, 2.75) is 33.0 Å². The van der Waals surface area contributed by atoms with Crippen molar-refractivity contribution in [2.24, 2.45) is 0 Å². The Morgan fingerprint density at radius 3 is 2.48 bits per heavy atom. The second-order valence-corrected chi connectivity index (χ2v) is 7.68. The van der Waals surface area contributed by atoms with Gasteiger partial charge in [0.25, 0.3) is 11.2 Å². The molecule has 0 saturated carbocycles. The van der Waals surface area contributed by atoms with E-state index in [2.05, 4.69) is 9.97 Å². The number of nitro groups is 1. The van der Waals surface area contributed by atoms with E-state index < -0.39 is 22.1 Å². The normalized spacial score (nSPS) is 11.1. The van der Waals surface area contributed by atoms with E-state index in [0.29, 0.717) is 0 Å². The Morgan fingerprint density at radius 1 is 1.13 bits per heavy atom. The fourth-order valence-corrected chi connectivity index (χ4v) is 2.69. The maximum absolute atomic E-state index is 12.8. The molecular weight excluding hydrogens is 402 g/mol. The predicted octanol–water partition coefficient (Wildman–Crippen LogP) is 3.88. The van der Waals surface area contributed by atoms with Crippen LogP contribution in [0.5, 0.6) is 5.75 Å². The highest BCUT2D eigenvalue weighted by atomic mass is 16.6. The molecule has 0 aliphatic carbocycles. The molecule has 3 rings (SSSR count). The van der Waals surface area contributed by atoms with Gasteiger partial charge in [0, 0.05) is 17.7 Å². The number of aromatic amines is 1. The summed E-state index contributed by atoms with van der Waals surface area (Å²) in [5, 5.41) is 11.1. The summed E-state index contributed by atoms with van der Waals surface area (Å²) < 4.78 is 11.0. The number of nitro benzene ring substituents is 1. The van der Waals surface area contributed by atoms with Crippen LogP contribution < -0.4 is 10.3 Å². The Morgan fingerprint density at radius 2 is 1.84 bits per heavy atom. The third-order valence-corrected chi connectivity index (χ3v) is 4.03. The summed E-state index contributed by atoms with van der Waals surface area (Å²) in [5.74, 6) is -1.14. The first-order valence-electron chi connectivity index (χ1n) is 9.43. The first-order valence-corrected chi connectivity index (χ1v) is 9.43. The zero-order valence-corrected chi connectivity index (χ0v) is 17.2. The van der Waals surface area contributed by atoms with Gasteiger partial charge in [-0.3, -0.25) is 14.9 Å². The van der Waals surface area contributed by atoms with Crippen LogP contribution in [0.15, 0.2) is 59.4 Å². The smallest absolute Gasteiger partial charge is 0.361 e. The molecule has 0 bridgehead atoms. The molecule has 1 aromatic heterocycles. The van der Waals surface area contributed by atoms with E-state index in [1.165, 1.54) is 24.3 Å². The SMILES string of the molecule is CC(C)(C)OC(=O)c1nc(-c2cccc([N+](=O)[O-])c2)[nH]c(=O)c1OCc1ccccc1. The van der Waals surface area contributed by atoms with Crippen LogP contribution in [0.25, 0.3) is 11.4 Å². The van der Waals surface area contributed by atoms with Crippen molar-refractivity contribution in [3.63, 3.8) is 0 Å². The molecule has 0 saturated heterocycles. The lowest BCUT2D eigenvalue weighted by molar-refractivity contribution is -0.384. The largest absolute Gasteiger partial charge is 0.481 e. The molecule has 160 valence electrons. The summed E-state index contributed by atoms with van der Waals surface area (Å²) in [6.07, 6.45) is 0. The van der Waals surface area contributed by atoms with Crippen molar-refractivity contribution in [2.75, 3.05) is 0 Å². The molecule has 1 N–H and O–H groups in total. The van der Waals surface area contributed by atoms with E-state index >= 15 is 0 Å². The number of carbonyl (C=O) groups excluding carboxylic acids is 1. The Balaban J connectivity index is 2.05. The van der Waals surface area contributed by atoms with E-state index in [4.69, 9.17) is 9.47 Å². The van der Waals surface area contributed by atoms with Gasteiger partial charge in [-0.15, -0.1) is 0 Å². The minimum atomic E-state index is -0.839. The van der Waals surface area contributed by atoms with Gasteiger partial charge in [0.2, 0.25) is 5.75 Å². The lowest BCUT2D eigenvalue weighted by Gasteiger charge is -2.20. The molecular formula is C22H21N3O6. The number of ether oxygens (including phenoxy) is 2. The molecule has 0 aliphatic rings. The van der Waals surface area contributed by atoms with E-state index in [1.54, 1.807) is 20.8 Å². The quantitative estimate of drug-likeness (QED) is 0.362. The van der Waals surface area contributed by atoms with Crippen LogP contribution in [-0.2, 0) is 11.3 Å². The fourth-order valence-electron chi connectivity index (χ4n) is 2.69. The van der Waals surface area contributed by atoms with Gasteiger partial charge in [-0.1, -0.05) is 42.5 Å². The minimum Gasteiger partial charge on any atom is -0.481 e. The maximum Gasteiger partial charge on any atom is 0.361 e. The topological polar surface area (TPSA) is 124 Å². The average molecular weight is 423 g/mol. The van der Waals surface area contributed by atoms with E-state index in [1.807, 2.05) is 30.3 Å². The zero-order chi connectivity index (χ0) is 22.6. The van der Waals surface area contributed by atoms with Gasteiger partial charge in [-0.05, 0) is 26.3 Å². The van der Waals surface area contributed by atoms with Crippen LogP contribution >= 0.6 is 0 Å². The lowest BCUT2D eigenvalue weighted by Crippen LogP contribution is -2.27. The summed E-state index contributed by atoms with van der Waals surface area (Å²) >= 11 is 0. The second-order valence-electron chi connectivity index (χ2n) is 7.68. The number of nitrogens with one attached hydrogen (secondary N) is 1. The molecule has 3 aromatic rings. The molecule has 0 amide bonds. The highest BCUT2D eigenvalue weighted by molar-refractivity contribution is 5.91. The van der Waals surface area contributed by atoms with Crippen molar-refractivity contribution in [3.05, 3.63) is 86.3 Å². The predicted molar refractivity (Wildman–Crippen MR) is 113 cm³/mol. The molecule has 2 aromatic carbocycles. The minimum absolute atomic E-state index is 0.0124. The first kappa shape index (κ1) is 21.7. The van der Waals surface area contributed by atoms with Crippen molar-refractivity contribution >= 4 is 11.7 Å². The standard InChI is InChI=1S/C22H21N3O6/c1-22(2,3)31-21(27)17-18(30-13-14-8-5-4-6-9-14)20(26)24-19(23-17)15-10-7-11-16(12-15)25(28)29/h4-12H,13H2,1-3H3,(H,23,24,26). The van der Waals surface area contributed by atoms with Gasteiger partial charge >= 0.3 is 5.97 Å². The molecule has 0 atom stereocenters. The molecule has 0 fully saturated rings. The number of rotatable bonds is 6. The van der Waals surface area contributed by atoms with Gasteiger partial charge in [0.05, 0.1) is 4.92 Å². The van der Waals surface area contributed by atoms with Gasteiger partial charge in [-0.25, -0.2) is 9.78 Å². The van der Waals surface area contributed by atoms with Crippen LogP contribution in [0.4, 0.5) is 5.69 Å². The molecule has 0 radical (unpaired) electrons. The van der Waals surface area contributed by atoms with Crippen LogP contribution in [0.3, 0.4) is 0 Å². The number of benzene rings is 2. The number of carbonyl (C=O) groups is 1. The molecule has 9 heteroatoms. The number of esters is 1. The summed E-state index contributed by atoms with van der Waals surface area (Å²) in [6, 6.07) is 14.7. The van der Waals surface area contributed by atoms with E-state index in [9.17, 15) is 19.7 Å². The average Bonchev–Trinajstić information content (AvgIpc) is 2.72. The second kappa shape index (κ2) is 8.78. The Hall–Kier alpha value is -4.01. The zero-order valence-electron chi connectivity index (χ0n) is 17.2. The van der Waals surface area contributed by atoms with Gasteiger partial charge in [0.1, 0.15) is 18.0 Å². The third-order valence-electron chi connectivity index (χ3n) is 4.03. The third kappa shape index (κ3) is 5.53. The lowest BCUT2D eigenvalue weighted by atomic mass is 10.1. The van der Waals surface area contributed by atoms with Crippen molar-refractivity contribution in [3.8, 4) is 17.1 Å². The molecule has 31 heavy (non-hydrogen) atoms. The number of nitrogens with zero attached hydrogens (tertiary/aromatic N) is 2. The summed E-state index contributed by atoms with van der Waals surface area (Å²) in [7, 11) is 0. The van der Waals surface area contributed by atoms with Crippen LogP contribution in [0, 0.1) is 10.1 Å². The Labute approximate surface area is 177 Å². The van der Waals surface area contributed by atoms with Gasteiger partial charge < -0.3 is 14.5 Å². The fraction of sp³-hybridized carbons (Fsp3) is 0.227. The molecule has 9 nitrogen and oxygen atoms in total. The van der Waals surface area contributed by atoms with E-state index in [0.717, 1.165) is 5.56 Å². The van der Waals surface area contributed by atoms with Crippen LogP contribution in [-0.4, -0.2) is 26.5 Å². The molecule has 1 heterocycles. The van der Waals surface area contributed by atoms with Crippen molar-refractivity contribution in [1.82, 2.24) is 9.97 Å². The summed E-state index contributed by atoms with van der Waals surface area (Å²) in [4.78, 5) is 42.8. The Bertz CT molecular complexity index is 1170. The highest BCUT2D eigenvalue weighted by Gasteiger charge is 2.26. The molecule has 0 unspecified atom stereocenters. The Kier molecular flexibility index (Phi) is 6.15. The number of hydrogen-bond acceptors (Lipinski definition) is 7. The van der Waals surface area contributed by atoms with Crippen LogP contribution in [0.2, 0.25) is 0 Å².